The van der Waals surface area contributed by atoms with Crippen LogP contribution in [0, 0.1) is 0 Å². The lowest BCUT2D eigenvalue weighted by molar-refractivity contribution is -0.870. The quantitative estimate of drug-likeness (QED) is 0.0197. The molecule has 0 spiro atoms. The number of allylic oxidation sites excluding steroid dienone is 4. The molecule has 0 saturated carbocycles. The zero-order chi connectivity index (χ0) is 49.8. The first-order chi connectivity index (χ1) is 33.1. The number of phosphoric ester groups is 1. The normalized spacial score (nSPS) is 13.6. The van der Waals surface area contributed by atoms with E-state index in [-0.39, 0.29) is 25.8 Å². The van der Waals surface area contributed by atoms with Gasteiger partial charge in [0.1, 0.15) is 19.3 Å². The van der Waals surface area contributed by atoms with E-state index in [0.29, 0.717) is 24.1 Å². The Morgan fingerprint density at radius 3 is 1.19 bits per heavy atom. The fraction of sp³-hybridized carbons (Fsp3) is 0.915. The van der Waals surface area contributed by atoms with Gasteiger partial charge in [-0.3, -0.25) is 9.36 Å². The molecule has 9 heteroatoms. The summed E-state index contributed by atoms with van der Waals surface area (Å²) in [6, 6.07) is 0. The molecular formula is C59H116NO7P. The van der Waals surface area contributed by atoms with Crippen LogP contribution in [0.3, 0.4) is 0 Å². The molecule has 0 aliphatic carbocycles. The Morgan fingerprint density at radius 1 is 0.456 bits per heavy atom. The van der Waals surface area contributed by atoms with Crippen molar-refractivity contribution < 1.29 is 37.3 Å². The van der Waals surface area contributed by atoms with Gasteiger partial charge in [0.2, 0.25) is 0 Å². The summed E-state index contributed by atoms with van der Waals surface area (Å²) in [5, 5.41) is 0. The molecule has 0 rings (SSSR count). The third kappa shape index (κ3) is 55.9. The summed E-state index contributed by atoms with van der Waals surface area (Å²) >= 11 is 0. The highest BCUT2D eigenvalue weighted by Gasteiger charge is 2.20. The molecule has 0 amide bonds. The number of unbranched alkanes of at least 4 members (excludes halogenated alkanes) is 38. The predicted molar refractivity (Wildman–Crippen MR) is 291 cm³/mol. The van der Waals surface area contributed by atoms with Crippen LogP contribution in [-0.2, 0) is 27.9 Å². The predicted octanol–water partition coefficient (Wildman–Crippen LogP) is 18.0. The van der Waals surface area contributed by atoms with Crippen LogP contribution >= 0.6 is 7.82 Å². The van der Waals surface area contributed by atoms with Crippen LogP contribution in [0.5, 0.6) is 0 Å². The number of ether oxygens (including phenoxy) is 2. The second-order valence-corrected chi connectivity index (χ2v) is 22.8. The molecule has 0 aliphatic rings. The van der Waals surface area contributed by atoms with Gasteiger partial charge in [-0.1, -0.05) is 263 Å². The summed E-state index contributed by atoms with van der Waals surface area (Å²) in [4.78, 5) is 25.3. The average Bonchev–Trinajstić information content (AvgIpc) is 3.30. The van der Waals surface area contributed by atoms with E-state index in [0.717, 1.165) is 38.5 Å². The molecule has 404 valence electrons. The molecule has 0 aromatic rings. The maximum Gasteiger partial charge on any atom is 0.306 e. The number of hydrogen-bond donors (Lipinski definition) is 0. The first kappa shape index (κ1) is 67.0. The smallest absolute Gasteiger partial charge is 0.306 e. The molecule has 0 aliphatic heterocycles. The van der Waals surface area contributed by atoms with Crippen molar-refractivity contribution in [2.75, 3.05) is 54.1 Å². The van der Waals surface area contributed by atoms with E-state index in [9.17, 15) is 14.3 Å². The van der Waals surface area contributed by atoms with Gasteiger partial charge in [-0.15, -0.1) is 0 Å². The molecule has 2 atom stereocenters. The summed E-state index contributed by atoms with van der Waals surface area (Å²) < 4.78 is 34.9. The summed E-state index contributed by atoms with van der Waals surface area (Å²) in [5.41, 5.74) is 0. The number of nitrogens with zero attached hydrogens (tertiary/aromatic N) is 1. The highest BCUT2D eigenvalue weighted by molar-refractivity contribution is 7.45. The van der Waals surface area contributed by atoms with Gasteiger partial charge < -0.3 is 27.9 Å². The second-order valence-electron chi connectivity index (χ2n) is 21.4. The van der Waals surface area contributed by atoms with E-state index in [1.165, 1.54) is 231 Å². The van der Waals surface area contributed by atoms with Crippen molar-refractivity contribution in [3.63, 3.8) is 0 Å². The fourth-order valence-electron chi connectivity index (χ4n) is 8.70. The van der Waals surface area contributed by atoms with Crippen molar-refractivity contribution in [1.29, 1.82) is 0 Å². The van der Waals surface area contributed by atoms with Crippen LogP contribution < -0.4 is 4.89 Å². The van der Waals surface area contributed by atoms with Gasteiger partial charge in [-0.05, 0) is 44.9 Å². The highest BCUT2D eigenvalue weighted by Crippen LogP contribution is 2.38. The summed E-state index contributed by atoms with van der Waals surface area (Å²) in [6.07, 6.45) is 63.7. The number of rotatable bonds is 56. The molecule has 0 aromatic heterocycles. The zero-order valence-electron chi connectivity index (χ0n) is 46.1. The Morgan fingerprint density at radius 2 is 0.809 bits per heavy atom. The minimum absolute atomic E-state index is 0.0278. The van der Waals surface area contributed by atoms with Gasteiger partial charge in [0.05, 0.1) is 34.4 Å². The number of hydrogen-bond acceptors (Lipinski definition) is 7. The molecule has 68 heavy (non-hydrogen) atoms. The molecule has 8 nitrogen and oxygen atoms in total. The van der Waals surface area contributed by atoms with E-state index in [2.05, 4.69) is 38.2 Å². The largest absolute Gasteiger partial charge is 0.756 e. The van der Waals surface area contributed by atoms with Crippen LogP contribution in [0.25, 0.3) is 0 Å². The van der Waals surface area contributed by atoms with Crippen molar-refractivity contribution >= 4 is 13.8 Å². The van der Waals surface area contributed by atoms with Crippen LogP contribution in [0.1, 0.15) is 290 Å². The lowest BCUT2D eigenvalue weighted by Crippen LogP contribution is -2.37. The lowest BCUT2D eigenvalue weighted by Gasteiger charge is -2.28. The van der Waals surface area contributed by atoms with Gasteiger partial charge in [-0.25, -0.2) is 0 Å². The molecule has 0 aromatic carbocycles. The third-order valence-corrected chi connectivity index (χ3v) is 14.2. The van der Waals surface area contributed by atoms with E-state index in [1.54, 1.807) is 0 Å². The van der Waals surface area contributed by atoms with Crippen molar-refractivity contribution in [1.82, 2.24) is 0 Å². The van der Waals surface area contributed by atoms with Crippen LogP contribution in [-0.4, -0.2) is 70.7 Å². The van der Waals surface area contributed by atoms with Gasteiger partial charge in [0.15, 0.2) is 0 Å². The second kappa shape index (κ2) is 52.3. The van der Waals surface area contributed by atoms with Crippen molar-refractivity contribution in [2.45, 2.75) is 296 Å². The van der Waals surface area contributed by atoms with Crippen molar-refractivity contribution in [2.24, 2.45) is 0 Å². The Balaban J connectivity index is 4.02. The summed E-state index contributed by atoms with van der Waals surface area (Å²) in [5.74, 6) is -0.332. The molecule has 0 heterocycles. The number of phosphoric acid groups is 1. The van der Waals surface area contributed by atoms with E-state index in [4.69, 9.17) is 18.5 Å². The van der Waals surface area contributed by atoms with Crippen molar-refractivity contribution in [3.05, 3.63) is 24.3 Å². The SMILES string of the molecule is CCCCCCC/C=C\C/C=C\CCCCCCCCCCCC(=O)OC(COCCCCCCCCCCCCCCCCCCCCCCCCCCC)COP(=O)([O-])OCC[N+](C)(C)C. The van der Waals surface area contributed by atoms with Crippen molar-refractivity contribution in [3.8, 4) is 0 Å². The number of carbonyl (C=O) groups excluding carboxylic acids is 1. The first-order valence-corrected chi connectivity index (χ1v) is 31.0. The Kier molecular flexibility index (Phi) is 51.5. The highest BCUT2D eigenvalue weighted by atomic mass is 31.2. The number of likely N-dealkylation sites (N-methyl/N-ethyl adjacent to an activating group) is 1. The molecule has 0 radical (unpaired) electrons. The zero-order valence-corrected chi connectivity index (χ0v) is 47.0. The number of esters is 1. The fourth-order valence-corrected chi connectivity index (χ4v) is 9.43. The monoisotopic (exact) mass is 982 g/mol. The Labute approximate surface area is 423 Å². The average molecular weight is 983 g/mol. The molecule has 0 saturated heterocycles. The third-order valence-electron chi connectivity index (χ3n) is 13.3. The lowest BCUT2D eigenvalue weighted by atomic mass is 10.0. The number of carbonyl (C=O) groups is 1. The maximum atomic E-state index is 12.8. The van der Waals surface area contributed by atoms with Gasteiger partial charge in [0.25, 0.3) is 7.82 Å². The van der Waals surface area contributed by atoms with E-state index < -0.39 is 13.9 Å². The van der Waals surface area contributed by atoms with Gasteiger partial charge >= 0.3 is 5.97 Å². The maximum absolute atomic E-state index is 12.8. The van der Waals surface area contributed by atoms with Crippen LogP contribution in [0.4, 0.5) is 0 Å². The van der Waals surface area contributed by atoms with Crippen LogP contribution in [0.15, 0.2) is 24.3 Å². The van der Waals surface area contributed by atoms with Crippen LogP contribution in [0.2, 0.25) is 0 Å². The molecular weight excluding hydrogens is 866 g/mol. The Hall–Kier alpha value is -1.02. The Bertz CT molecular complexity index is 1140. The van der Waals surface area contributed by atoms with E-state index in [1.807, 2.05) is 21.1 Å². The van der Waals surface area contributed by atoms with Gasteiger partial charge in [0, 0.05) is 13.0 Å². The minimum Gasteiger partial charge on any atom is -0.756 e. The minimum atomic E-state index is -4.53. The molecule has 0 fully saturated rings. The number of quaternary nitrogens is 1. The first-order valence-electron chi connectivity index (χ1n) is 29.6. The topological polar surface area (TPSA) is 94.1 Å². The summed E-state index contributed by atoms with van der Waals surface area (Å²) in [7, 11) is 1.37. The van der Waals surface area contributed by atoms with E-state index >= 15 is 0 Å². The molecule has 0 N–H and O–H groups in total. The molecule has 0 bridgehead atoms. The summed E-state index contributed by atoms with van der Waals surface area (Å²) in [6.45, 7) is 5.47. The molecule has 2 unspecified atom stereocenters. The van der Waals surface area contributed by atoms with Gasteiger partial charge in [-0.2, -0.15) is 0 Å². The standard InChI is InChI=1S/C59H116NO7P/c1-6-8-10-12-14-16-18-20-22-24-26-28-29-30-31-33-35-37-39-41-43-45-47-49-51-54-64-56-58(57-66-68(62,63)65-55-53-60(3,4)5)67-59(61)52-50-48-46-44-42-40-38-36-34-32-27-25-23-21-19-17-15-13-11-9-7-2/h19,21,25,27,58H,6-18,20,22-24,26,28-57H2,1-5H3/b21-19-,27-25-.